The summed E-state index contributed by atoms with van der Waals surface area (Å²) in [5, 5.41) is 11.5. The number of aliphatic hydroxyl groups excluding tert-OH is 1. The van der Waals surface area contributed by atoms with E-state index in [4.69, 9.17) is 11.5 Å². The zero-order chi connectivity index (χ0) is 20.5. The molecule has 4 heteroatoms. The van der Waals surface area contributed by atoms with Gasteiger partial charge < -0.3 is 15.2 Å². The molecule has 0 aliphatic rings. The van der Waals surface area contributed by atoms with Gasteiger partial charge in [-0.25, -0.2) is 0 Å². The van der Waals surface area contributed by atoms with Gasteiger partial charge in [0.05, 0.1) is 0 Å². The quantitative estimate of drug-likeness (QED) is 0.599. The van der Waals surface area contributed by atoms with Crippen molar-refractivity contribution in [1.29, 1.82) is 0 Å². The smallest absolute Gasteiger partial charge is 0.238 e. The Kier molecular flexibility index (Phi) is 19.9. The van der Waals surface area contributed by atoms with E-state index in [2.05, 4.69) is 25.1 Å². The fourth-order valence-corrected chi connectivity index (χ4v) is 1.62. The molecule has 2 unspecified atom stereocenters. The van der Waals surface area contributed by atoms with Crippen LogP contribution in [-0.4, -0.2) is 29.9 Å². The van der Waals surface area contributed by atoms with Gasteiger partial charge >= 0.3 is 0 Å². The Labute approximate surface area is 157 Å². The van der Waals surface area contributed by atoms with Crippen LogP contribution >= 0.6 is 0 Å². The minimum Gasteiger partial charge on any atom is -0.396 e. The first-order valence-corrected chi connectivity index (χ1v) is 9.49. The highest BCUT2D eigenvalue weighted by Crippen LogP contribution is 2.19. The second kappa shape index (κ2) is 17.5. The van der Waals surface area contributed by atoms with Gasteiger partial charge in [0.2, 0.25) is 5.91 Å². The van der Waals surface area contributed by atoms with Crippen LogP contribution in [0.2, 0.25) is 0 Å². The fourth-order valence-electron chi connectivity index (χ4n) is 1.62. The average Bonchev–Trinajstić information content (AvgIpc) is 2.59. The molecule has 0 radical (unpaired) electrons. The molecule has 4 nitrogen and oxygen atoms in total. The lowest BCUT2D eigenvalue weighted by molar-refractivity contribution is -0.128. The van der Waals surface area contributed by atoms with Crippen molar-refractivity contribution >= 4 is 11.7 Å². The van der Waals surface area contributed by atoms with E-state index in [9.17, 15) is 9.59 Å². The standard InChI is InChI=1S/C11H19NO2.C8H16O.C2H6.H2/c1-5-11(4,6-7-13)10(14)12-8-9(2)3;1-4-7(2)5-6-8(3)9;1-2;/h1,9,13H,6-8H2,2-4H3,(H,12,14);7H,4-6H2,1-3H3;1-2H3;1H. The van der Waals surface area contributed by atoms with E-state index in [0.717, 1.165) is 12.8 Å². The first kappa shape index (κ1) is 28.5. The number of carbonyl (C=O) groups is 2. The van der Waals surface area contributed by atoms with E-state index in [0.29, 0.717) is 30.6 Å². The van der Waals surface area contributed by atoms with Crippen molar-refractivity contribution < 1.29 is 16.1 Å². The van der Waals surface area contributed by atoms with E-state index < -0.39 is 5.41 Å². The number of aliphatic hydroxyl groups is 1. The zero-order valence-corrected chi connectivity index (χ0v) is 17.7. The molecule has 150 valence electrons. The van der Waals surface area contributed by atoms with Gasteiger partial charge in [-0.2, -0.15) is 0 Å². The summed E-state index contributed by atoms with van der Waals surface area (Å²) >= 11 is 0. The number of hydrogen-bond donors (Lipinski definition) is 2. The minimum atomic E-state index is -0.885. The lowest BCUT2D eigenvalue weighted by Gasteiger charge is -2.22. The Hall–Kier alpha value is -1.34. The SMILES string of the molecule is C#CC(C)(CCO)C(=O)NCC(C)C.CC.CCC(C)CCC(C)=O.[HH]. The van der Waals surface area contributed by atoms with Gasteiger partial charge in [0.25, 0.3) is 0 Å². The largest absolute Gasteiger partial charge is 0.396 e. The highest BCUT2D eigenvalue weighted by Gasteiger charge is 2.29. The topological polar surface area (TPSA) is 66.4 Å². The molecule has 0 spiro atoms. The molecule has 0 fully saturated rings. The van der Waals surface area contributed by atoms with E-state index in [-0.39, 0.29) is 13.9 Å². The van der Waals surface area contributed by atoms with E-state index in [1.807, 2.05) is 27.7 Å². The second-order valence-corrected chi connectivity index (χ2v) is 6.81. The molecule has 0 saturated carbocycles. The lowest BCUT2D eigenvalue weighted by Crippen LogP contribution is -2.40. The minimum absolute atomic E-state index is 0. The van der Waals surface area contributed by atoms with Gasteiger partial charge in [0, 0.05) is 21.0 Å². The number of rotatable bonds is 9. The van der Waals surface area contributed by atoms with Crippen LogP contribution < -0.4 is 5.32 Å². The lowest BCUT2D eigenvalue weighted by atomic mass is 9.87. The van der Waals surface area contributed by atoms with Crippen LogP contribution in [0.4, 0.5) is 0 Å². The van der Waals surface area contributed by atoms with Gasteiger partial charge in [-0.05, 0) is 38.5 Å². The van der Waals surface area contributed by atoms with Crippen molar-refractivity contribution in [2.45, 2.75) is 81.1 Å². The number of hydrogen-bond acceptors (Lipinski definition) is 3. The number of amides is 1. The summed E-state index contributed by atoms with van der Waals surface area (Å²) in [5.41, 5.74) is -0.885. The number of nitrogens with one attached hydrogen (secondary N) is 1. The highest BCUT2D eigenvalue weighted by atomic mass is 16.3. The van der Waals surface area contributed by atoms with Crippen molar-refractivity contribution in [2.24, 2.45) is 17.3 Å². The highest BCUT2D eigenvalue weighted by molar-refractivity contribution is 5.85. The van der Waals surface area contributed by atoms with Crippen LogP contribution in [0, 0.1) is 29.6 Å². The summed E-state index contributed by atoms with van der Waals surface area (Å²) in [4.78, 5) is 22.1. The summed E-state index contributed by atoms with van der Waals surface area (Å²) in [6, 6.07) is 0. The Morgan fingerprint density at radius 1 is 1.28 bits per heavy atom. The summed E-state index contributed by atoms with van der Waals surface area (Å²) in [6.07, 6.45) is 8.59. The molecule has 0 heterocycles. The fraction of sp³-hybridized carbons (Fsp3) is 0.810. The van der Waals surface area contributed by atoms with Gasteiger partial charge in [-0.1, -0.05) is 53.9 Å². The molecule has 0 aliphatic heterocycles. The van der Waals surface area contributed by atoms with Crippen LogP contribution in [0.15, 0.2) is 0 Å². The Balaban J connectivity index is -0.000000176. The third-order valence-corrected chi connectivity index (χ3v) is 3.79. The van der Waals surface area contributed by atoms with Crippen molar-refractivity contribution in [1.82, 2.24) is 5.32 Å². The van der Waals surface area contributed by atoms with Crippen LogP contribution in [-0.2, 0) is 9.59 Å². The van der Waals surface area contributed by atoms with Gasteiger partial charge in [-0.15, -0.1) is 6.42 Å². The van der Waals surface area contributed by atoms with Crippen LogP contribution in [0.1, 0.15) is 82.5 Å². The predicted octanol–water partition coefficient (Wildman–Crippen LogP) is 4.45. The maximum atomic E-state index is 11.6. The number of terminal acetylenes is 1. The van der Waals surface area contributed by atoms with Gasteiger partial charge in [0.1, 0.15) is 11.2 Å². The summed E-state index contributed by atoms with van der Waals surface area (Å²) < 4.78 is 0. The monoisotopic (exact) mass is 357 g/mol. The molecule has 25 heavy (non-hydrogen) atoms. The Morgan fingerprint density at radius 3 is 2.12 bits per heavy atom. The molecule has 0 saturated heterocycles. The van der Waals surface area contributed by atoms with Crippen molar-refractivity contribution in [3.63, 3.8) is 0 Å². The van der Waals surface area contributed by atoms with Gasteiger partial charge in [-0.3, -0.25) is 4.79 Å². The number of ketones is 1. The first-order valence-electron chi connectivity index (χ1n) is 9.49. The van der Waals surface area contributed by atoms with E-state index in [1.165, 1.54) is 6.42 Å². The molecular formula is C21H43NO3. The second-order valence-electron chi connectivity index (χ2n) is 6.81. The molecule has 0 bridgehead atoms. The molecular weight excluding hydrogens is 314 g/mol. The third kappa shape index (κ3) is 17.3. The number of Topliss-reactive ketones (excluding diaryl/α,β-unsaturated/α-hetero) is 1. The van der Waals surface area contributed by atoms with Crippen LogP contribution in [0.3, 0.4) is 0 Å². The van der Waals surface area contributed by atoms with Crippen LogP contribution in [0.25, 0.3) is 0 Å². The third-order valence-electron chi connectivity index (χ3n) is 3.79. The van der Waals surface area contributed by atoms with Crippen molar-refractivity contribution in [3.05, 3.63) is 0 Å². The summed E-state index contributed by atoms with van der Waals surface area (Å²) in [5.74, 6) is 3.68. The van der Waals surface area contributed by atoms with E-state index in [1.54, 1.807) is 13.8 Å². The van der Waals surface area contributed by atoms with E-state index >= 15 is 0 Å². The summed E-state index contributed by atoms with van der Waals surface area (Å²) in [7, 11) is 0. The maximum absolute atomic E-state index is 11.6. The van der Waals surface area contributed by atoms with Crippen molar-refractivity contribution in [3.8, 4) is 12.3 Å². The van der Waals surface area contributed by atoms with Crippen molar-refractivity contribution in [2.75, 3.05) is 13.2 Å². The Morgan fingerprint density at radius 2 is 1.80 bits per heavy atom. The summed E-state index contributed by atoms with van der Waals surface area (Å²) in [6.45, 7) is 16.2. The molecule has 0 aromatic rings. The molecule has 2 atom stereocenters. The molecule has 0 aromatic carbocycles. The zero-order valence-electron chi connectivity index (χ0n) is 17.7. The van der Waals surface area contributed by atoms with Crippen LogP contribution in [0.5, 0.6) is 0 Å². The molecule has 0 aliphatic carbocycles. The maximum Gasteiger partial charge on any atom is 0.238 e. The average molecular weight is 358 g/mol. The molecule has 0 rings (SSSR count). The molecule has 2 N–H and O–H groups in total. The first-order chi connectivity index (χ1) is 11.6. The molecule has 0 aromatic heterocycles. The predicted molar refractivity (Wildman–Crippen MR) is 109 cm³/mol. The number of carbonyl (C=O) groups excluding carboxylic acids is 2. The Bertz CT molecular complexity index is 391. The van der Waals surface area contributed by atoms with Gasteiger partial charge in [0.15, 0.2) is 0 Å². The molecule has 1 amide bonds. The normalized spacial score (nSPS) is 13.2.